The van der Waals surface area contributed by atoms with Crippen molar-refractivity contribution >= 4 is 27.5 Å². The van der Waals surface area contributed by atoms with Crippen molar-refractivity contribution in [3.8, 4) is 0 Å². The molecule has 0 spiro atoms. The molecule has 23 heavy (non-hydrogen) atoms. The average molecular weight is 359 g/mol. The quantitative estimate of drug-likeness (QED) is 0.849. The van der Waals surface area contributed by atoms with E-state index >= 15 is 0 Å². The van der Waals surface area contributed by atoms with Gasteiger partial charge in [-0.25, -0.2) is 13.1 Å². The van der Waals surface area contributed by atoms with Gasteiger partial charge in [-0.05, 0) is 44.9 Å². The summed E-state index contributed by atoms with van der Waals surface area (Å²) in [5.74, 6) is -0.316. The summed E-state index contributed by atoms with van der Waals surface area (Å²) in [5.41, 5.74) is 0.198. The number of amides is 1. The zero-order chi connectivity index (χ0) is 17.0. The maximum Gasteiger partial charge on any atom is 0.253 e. The van der Waals surface area contributed by atoms with Crippen molar-refractivity contribution in [3.63, 3.8) is 0 Å². The molecule has 1 aliphatic carbocycles. The summed E-state index contributed by atoms with van der Waals surface area (Å²) in [6.45, 7) is 3.48. The largest absolute Gasteiger partial charge is 0.349 e. The van der Waals surface area contributed by atoms with Gasteiger partial charge in [0.05, 0.1) is 15.5 Å². The first-order valence-corrected chi connectivity index (χ1v) is 9.78. The fourth-order valence-electron chi connectivity index (χ4n) is 2.73. The lowest BCUT2D eigenvalue weighted by Gasteiger charge is -2.23. The van der Waals surface area contributed by atoms with E-state index in [0.29, 0.717) is 0 Å². The van der Waals surface area contributed by atoms with Crippen molar-refractivity contribution in [2.24, 2.45) is 0 Å². The standard InChI is InChI=1S/C16H23ClN2O3S/c1-11(2)19-23(21,22)13-8-9-15(17)14(10-13)16(20)18-12-6-4-3-5-7-12/h8-12,19H,3-7H2,1-2H3,(H,18,20). The molecule has 2 rings (SSSR count). The van der Waals surface area contributed by atoms with Crippen LogP contribution < -0.4 is 10.0 Å². The molecule has 1 amide bonds. The minimum Gasteiger partial charge on any atom is -0.349 e. The van der Waals surface area contributed by atoms with Crippen LogP contribution in [0.2, 0.25) is 5.02 Å². The van der Waals surface area contributed by atoms with Crippen LogP contribution in [0.4, 0.5) is 0 Å². The Morgan fingerprint density at radius 2 is 1.87 bits per heavy atom. The van der Waals surface area contributed by atoms with Crippen molar-refractivity contribution in [2.45, 2.75) is 62.9 Å². The second-order valence-electron chi connectivity index (χ2n) is 6.23. The normalized spacial score (nSPS) is 16.5. The van der Waals surface area contributed by atoms with Crippen molar-refractivity contribution < 1.29 is 13.2 Å². The van der Waals surface area contributed by atoms with Crippen LogP contribution in [0.3, 0.4) is 0 Å². The van der Waals surface area contributed by atoms with Crippen molar-refractivity contribution in [1.82, 2.24) is 10.0 Å². The molecular weight excluding hydrogens is 336 g/mol. The van der Waals surface area contributed by atoms with E-state index in [-0.39, 0.29) is 33.5 Å². The van der Waals surface area contributed by atoms with Gasteiger partial charge >= 0.3 is 0 Å². The molecule has 1 aliphatic rings. The summed E-state index contributed by atoms with van der Waals surface area (Å²) >= 11 is 6.09. The van der Waals surface area contributed by atoms with Gasteiger partial charge in [0.2, 0.25) is 10.0 Å². The van der Waals surface area contributed by atoms with Gasteiger partial charge in [-0.3, -0.25) is 4.79 Å². The van der Waals surface area contributed by atoms with E-state index in [4.69, 9.17) is 11.6 Å². The van der Waals surface area contributed by atoms with E-state index in [1.54, 1.807) is 13.8 Å². The number of nitrogens with one attached hydrogen (secondary N) is 2. The summed E-state index contributed by atoms with van der Waals surface area (Å²) in [7, 11) is -3.65. The van der Waals surface area contributed by atoms with E-state index in [1.165, 1.54) is 24.6 Å². The summed E-state index contributed by atoms with van der Waals surface area (Å²) in [4.78, 5) is 12.5. The Morgan fingerprint density at radius 3 is 2.48 bits per heavy atom. The molecule has 0 bridgehead atoms. The Morgan fingerprint density at radius 1 is 1.22 bits per heavy atom. The third-order valence-corrected chi connectivity index (χ3v) is 5.81. The third kappa shape index (κ3) is 4.93. The third-order valence-electron chi connectivity index (χ3n) is 3.82. The minimum absolute atomic E-state index is 0.0457. The molecule has 7 heteroatoms. The second kappa shape index (κ2) is 7.64. The van der Waals surface area contributed by atoms with Crippen LogP contribution >= 0.6 is 11.6 Å². The van der Waals surface area contributed by atoms with Gasteiger partial charge in [0.25, 0.3) is 5.91 Å². The van der Waals surface area contributed by atoms with Gasteiger partial charge in [-0.2, -0.15) is 0 Å². The topological polar surface area (TPSA) is 75.3 Å². The number of carbonyl (C=O) groups excluding carboxylic acids is 1. The molecule has 1 aromatic carbocycles. The molecule has 0 saturated heterocycles. The van der Waals surface area contributed by atoms with Crippen molar-refractivity contribution in [2.75, 3.05) is 0 Å². The highest BCUT2D eigenvalue weighted by Crippen LogP contribution is 2.22. The molecule has 0 aromatic heterocycles. The van der Waals surface area contributed by atoms with E-state index in [1.807, 2.05) is 0 Å². The first kappa shape index (κ1) is 18.2. The van der Waals surface area contributed by atoms with Gasteiger partial charge in [0.15, 0.2) is 0 Å². The molecule has 0 heterocycles. The number of hydrogen-bond donors (Lipinski definition) is 2. The average Bonchev–Trinajstić information content (AvgIpc) is 2.47. The number of benzene rings is 1. The van der Waals surface area contributed by atoms with Crippen LogP contribution in [0.1, 0.15) is 56.3 Å². The molecular formula is C16H23ClN2O3S. The van der Waals surface area contributed by atoms with Crippen LogP contribution in [0.15, 0.2) is 23.1 Å². The monoisotopic (exact) mass is 358 g/mol. The number of halogens is 1. The van der Waals surface area contributed by atoms with Gasteiger partial charge in [0, 0.05) is 12.1 Å². The molecule has 1 saturated carbocycles. The van der Waals surface area contributed by atoms with Gasteiger partial charge in [0.1, 0.15) is 0 Å². The molecule has 0 unspecified atom stereocenters. The Hall–Kier alpha value is -1.11. The van der Waals surface area contributed by atoms with E-state index in [0.717, 1.165) is 25.7 Å². The SMILES string of the molecule is CC(C)NS(=O)(=O)c1ccc(Cl)c(C(=O)NC2CCCCC2)c1. The minimum atomic E-state index is -3.65. The fourth-order valence-corrected chi connectivity index (χ4v) is 4.21. The van der Waals surface area contributed by atoms with Crippen LogP contribution in [-0.2, 0) is 10.0 Å². The van der Waals surface area contributed by atoms with E-state index in [9.17, 15) is 13.2 Å². The molecule has 1 fully saturated rings. The van der Waals surface area contributed by atoms with Gasteiger partial charge in [-0.15, -0.1) is 0 Å². The Kier molecular flexibility index (Phi) is 6.06. The highest BCUT2D eigenvalue weighted by atomic mass is 35.5. The maximum atomic E-state index is 12.4. The molecule has 0 atom stereocenters. The zero-order valence-corrected chi connectivity index (χ0v) is 15.0. The van der Waals surface area contributed by atoms with Gasteiger partial charge < -0.3 is 5.32 Å². The maximum absolute atomic E-state index is 12.4. The molecule has 0 aliphatic heterocycles. The Labute approximate surface area is 142 Å². The van der Waals surface area contributed by atoms with Crippen molar-refractivity contribution in [1.29, 1.82) is 0 Å². The molecule has 1 aromatic rings. The predicted octanol–water partition coefficient (Wildman–Crippen LogP) is 3.09. The number of carbonyl (C=O) groups is 1. The molecule has 2 N–H and O–H groups in total. The lowest BCUT2D eigenvalue weighted by Crippen LogP contribution is -2.36. The van der Waals surface area contributed by atoms with Crippen molar-refractivity contribution in [3.05, 3.63) is 28.8 Å². The first-order chi connectivity index (χ1) is 10.8. The smallest absolute Gasteiger partial charge is 0.253 e. The second-order valence-corrected chi connectivity index (χ2v) is 8.35. The first-order valence-electron chi connectivity index (χ1n) is 7.92. The highest BCUT2D eigenvalue weighted by molar-refractivity contribution is 7.89. The fraction of sp³-hybridized carbons (Fsp3) is 0.562. The lowest BCUT2D eigenvalue weighted by molar-refractivity contribution is 0.0927. The highest BCUT2D eigenvalue weighted by Gasteiger charge is 2.22. The van der Waals surface area contributed by atoms with Crippen LogP contribution in [0, 0.1) is 0 Å². The summed E-state index contributed by atoms with van der Waals surface area (Å²) in [5, 5.41) is 3.21. The Bertz CT molecular complexity index is 668. The summed E-state index contributed by atoms with van der Waals surface area (Å²) in [6.07, 6.45) is 5.31. The van der Waals surface area contributed by atoms with Crippen LogP contribution in [-0.4, -0.2) is 26.4 Å². The number of sulfonamides is 1. The molecule has 5 nitrogen and oxygen atoms in total. The lowest BCUT2D eigenvalue weighted by atomic mass is 9.95. The predicted molar refractivity (Wildman–Crippen MR) is 91.2 cm³/mol. The Balaban J connectivity index is 2.21. The van der Waals surface area contributed by atoms with Gasteiger partial charge in [-0.1, -0.05) is 30.9 Å². The number of rotatable bonds is 5. The van der Waals surface area contributed by atoms with Crippen LogP contribution in [0.25, 0.3) is 0 Å². The summed E-state index contributed by atoms with van der Waals surface area (Å²) < 4.78 is 27.0. The zero-order valence-electron chi connectivity index (χ0n) is 13.4. The van der Waals surface area contributed by atoms with Crippen LogP contribution in [0.5, 0.6) is 0 Å². The van der Waals surface area contributed by atoms with E-state index < -0.39 is 10.0 Å². The van der Waals surface area contributed by atoms with E-state index in [2.05, 4.69) is 10.0 Å². The molecule has 128 valence electrons. The number of hydrogen-bond acceptors (Lipinski definition) is 3. The molecule has 0 radical (unpaired) electrons. The summed E-state index contributed by atoms with van der Waals surface area (Å²) in [6, 6.07) is 4.11.